The maximum absolute atomic E-state index is 12.9. The van der Waals surface area contributed by atoms with Crippen LogP contribution < -0.4 is 0 Å². The van der Waals surface area contributed by atoms with Gasteiger partial charge in [0, 0.05) is 26.1 Å². The lowest BCUT2D eigenvalue weighted by Crippen LogP contribution is -2.29. The van der Waals surface area contributed by atoms with Gasteiger partial charge in [-0.3, -0.25) is 0 Å². The molecule has 25 heavy (non-hydrogen) atoms. The van der Waals surface area contributed by atoms with Crippen LogP contribution in [0.15, 0.2) is 53.0 Å². The van der Waals surface area contributed by atoms with Gasteiger partial charge in [0.1, 0.15) is 0 Å². The summed E-state index contributed by atoms with van der Waals surface area (Å²) in [6.45, 7) is 9.77. The van der Waals surface area contributed by atoms with Crippen molar-refractivity contribution in [1.82, 2.24) is 4.31 Å². The van der Waals surface area contributed by atoms with Crippen LogP contribution in [0.3, 0.4) is 0 Å². The van der Waals surface area contributed by atoms with Crippen LogP contribution >= 0.6 is 0 Å². The van der Waals surface area contributed by atoms with Crippen LogP contribution in [0.5, 0.6) is 0 Å². The van der Waals surface area contributed by atoms with Gasteiger partial charge in [0.2, 0.25) is 10.0 Å². The normalized spacial score (nSPS) is 21.0. The number of ether oxygens (including phenoxy) is 1. The molecule has 0 radical (unpaired) electrons. The average Bonchev–Trinajstić information content (AvgIpc) is 3.00. The highest BCUT2D eigenvalue weighted by atomic mass is 32.2. The van der Waals surface area contributed by atoms with Gasteiger partial charge in [-0.25, -0.2) is 8.42 Å². The zero-order valence-corrected chi connectivity index (χ0v) is 15.9. The number of aryl methyl sites for hydroxylation is 1. The maximum atomic E-state index is 12.9. The minimum Gasteiger partial charge on any atom is -0.373 e. The number of nitriles is 1. The Balaban J connectivity index is 2.47. The van der Waals surface area contributed by atoms with Gasteiger partial charge >= 0.3 is 0 Å². The number of rotatable bonds is 5. The van der Waals surface area contributed by atoms with E-state index in [1.54, 1.807) is 44.2 Å². The fourth-order valence-corrected chi connectivity index (χ4v) is 4.36. The molecule has 0 spiro atoms. The Morgan fingerprint density at radius 1 is 1.40 bits per heavy atom. The van der Waals surface area contributed by atoms with Gasteiger partial charge in [-0.15, -0.1) is 6.58 Å². The van der Waals surface area contributed by atoms with E-state index >= 15 is 0 Å². The van der Waals surface area contributed by atoms with Gasteiger partial charge in [0.05, 0.1) is 22.1 Å². The topological polar surface area (TPSA) is 70.4 Å². The summed E-state index contributed by atoms with van der Waals surface area (Å²) in [5.74, 6) is -0.204. The lowest BCUT2D eigenvalue weighted by atomic mass is 9.88. The first-order valence-electron chi connectivity index (χ1n) is 8.05. The summed E-state index contributed by atoms with van der Waals surface area (Å²) in [6, 6.07) is 8.98. The summed E-state index contributed by atoms with van der Waals surface area (Å²) in [5, 5.41) is 9.61. The van der Waals surface area contributed by atoms with Crippen LogP contribution in [0.4, 0.5) is 0 Å². The Morgan fingerprint density at radius 2 is 2.00 bits per heavy atom. The summed E-state index contributed by atoms with van der Waals surface area (Å²) in [7, 11) is -2.09. The van der Waals surface area contributed by atoms with Crippen molar-refractivity contribution in [2.45, 2.75) is 31.3 Å². The molecule has 5 nitrogen and oxygen atoms in total. The van der Waals surface area contributed by atoms with Crippen LogP contribution in [-0.4, -0.2) is 38.5 Å². The summed E-state index contributed by atoms with van der Waals surface area (Å²) in [5.41, 5.74) is 1.43. The molecule has 0 bridgehead atoms. The van der Waals surface area contributed by atoms with Crippen molar-refractivity contribution in [3.63, 3.8) is 0 Å². The molecule has 1 aliphatic heterocycles. The molecule has 0 amide bonds. The second kappa shape index (κ2) is 7.12. The monoisotopic (exact) mass is 360 g/mol. The van der Waals surface area contributed by atoms with E-state index in [0.717, 1.165) is 11.1 Å². The van der Waals surface area contributed by atoms with E-state index in [-0.39, 0.29) is 23.9 Å². The van der Waals surface area contributed by atoms with Crippen LogP contribution in [-0.2, 0) is 14.8 Å². The Bertz CT molecular complexity index is 830. The molecule has 0 aromatic heterocycles. The van der Waals surface area contributed by atoms with Crippen molar-refractivity contribution in [3.8, 4) is 6.07 Å². The van der Waals surface area contributed by atoms with Gasteiger partial charge in [-0.05, 0) is 38.5 Å². The lowest BCUT2D eigenvalue weighted by Gasteiger charge is -2.25. The van der Waals surface area contributed by atoms with E-state index in [0.29, 0.717) is 5.57 Å². The maximum Gasteiger partial charge on any atom is 0.243 e. The zero-order valence-electron chi connectivity index (χ0n) is 15.1. The third-order valence-electron chi connectivity index (χ3n) is 4.68. The molecule has 1 atom stereocenters. The van der Waals surface area contributed by atoms with E-state index < -0.39 is 15.6 Å². The molecule has 1 unspecified atom stereocenters. The molecule has 0 saturated carbocycles. The minimum absolute atomic E-state index is 0.169. The highest BCUT2D eigenvalue weighted by Gasteiger charge is 2.39. The van der Waals surface area contributed by atoms with E-state index in [9.17, 15) is 13.7 Å². The third-order valence-corrected chi connectivity index (χ3v) is 6.51. The minimum atomic E-state index is -3.62. The lowest BCUT2D eigenvalue weighted by molar-refractivity contribution is 0.0577. The average molecular weight is 360 g/mol. The molecule has 0 N–H and O–H groups in total. The zero-order chi connectivity index (χ0) is 18.8. The number of hydrogen-bond acceptors (Lipinski definition) is 4. The van der Waals surface area contributed by atoms with Gasteiger partial charge in [-0.1, -0.05) is 23.8 Å². The molecule has 1 aromatic rings. The van der Waals surface area contributed by atoms with E-state index in [2.05, 4.69) is 12.6 Å². The van der Waals surface area contributed by atoms with E-state index in [1.165, 1.54) is 11.4 Å². The predicted molar refractivity (Wildman–Crippen MR) is 97.4 cm³/mol. The van der Waals surface area contributed by atoms with Crippen LogP contribution in [0.25, 0.3) is 0 Å². The molecule has 1 aliphatic rings. The van der Waals surface area contributed by atoms with Crippen molar-refractivity contribution >= 4 is 10.0 Å². The van der Waals surface area contributed by atoms with Gasteiger partial charge in [0.25, 0.3) is 0 Å². The Kier molecular flexibility index (Phi) is 5.52. The van der Waals surface area contributed by atoms with Gasteiger partial charge in [-0.2, -0.15) is 9.57 Å². The Labute approximate surface area is 150 Å². The number of hydrogen-bond donors (Lipinski definition) is 0. The molecule has 0 aliphatic carbocycles. The molecular weight excluding hydrogens is 336 g/mol. The van der Waals surface area contributed by atoms with E-state index in [4.69, 9.17) is 4.74 Å². The van der Waals surface area contributed by atoms with Crippen LogP contribution in [0.2, 0.25) is 0 Å². The van der Waals surface area contributed by atoms with Gasteiger partial charge in [0.15, 0.2) is 0 Å². The van der Waals surface area contributed by atoms with Crippen molar-refractivity contribution in [3.05, 3.63) is 53.6 Å². The molecule has 1 heterocycles. The van der Waals surface area contributed by atoms with Crippen LogP contribution in [0, 0.1) is 24.2 Å². The summed E-state index contributed by atoms with van der Waals surface area (Å²) in [4.78, 5) is 0.256. The summed E-state index contributed by atoms with van der Waals surface area (Å²) in [6.07, 6.45) is 1.70. The summed E-state index contributed by atoms with van der Waals surface area (Å²) < 4.78 is 32.7. The molecule has 6 heteroatoms. The van der Waals surface area contributed by atoms with Gasteiger partial charge < -0.3 is 4.74 Å². The largest absolute Gasteiger partial charge is 0.373 e. The number of nitrogens with zero attached hydrogens (tertiary/aromatic N) is 2. The standard InChI is InChI=1S/C19H24N2O3S/c1-6-15-12-21(13-17(15)18(11-20)19(3,4)24-5)25(22,23)16-9-7-14(2)8-10-16/h6-10,15H,1,12-13H2,2-5H3/b18-17-. The quantitative estimate of drug-likeness (QED) is 0.598. The third kappa shape index (κ3) is 3.69. The molecule has 134 valence electrons. The smallest absolute Gasteiger partial charge is 0.243 e. The second-order valence-corrected chi connectivity index (χ2v) is 8.62. The second-order valence-electron chi connectivity index (χ2n) is 6.68. The Morgan fingerprint density at radius 3 is 2.48 bits per heavy atom. The first-order valence-corrected chi connectivity index (χ1v) is 9.49. The highest BCUT2D eigenvalue weighted by Crippen LogP contribution is 2.35. The fourth-order valence-electron chi connectivity index (χ4n) is 2.92. The van der Waals surface area contributed by atoms with Crippen molar-refractivity contribution in [2.24, 2.45) is 5.92 Å². The van der Waals surface area contributed by atoms with E-state index in [1.807, 2.05) is 6.92 Å². The highest BCUT2D eigenvalue weighted by molar-refractivity contribution is 7.89. The number of benzene rings is 1. The van der Waals surface area contributed by atoms with Crippen LogP contribution in [0.1, 0.15) is 19.4 Å². The van der Waals surface area contributed by atoms with Crippen molar-refractivity contribution in [2.75, 3.05) is 20.2 Å². The first kappa shape index (κ1) is 19.4. The number of sulfonamides is 1. The molecular formula is C19H24N2O3S. The SMILES string of the molecule is C=CC1CN(S(=O)(=O)c2ccc(C)cc2)C/C1=C(\C#N)C(C)(C)OC. The van der Waals surface area contributed by atoms with Crippen molar-refractivity contribution < 1.29 is 13.2 Å². The fraction of sp³-hybridized carbons (Fsp3) is 0.421. The molecule has 1 fully saturated rings. The molecule has 1 aromatic carbocycles. The first-order chi connectivity index (χ1) is 11.7. The predicted octanol–water partition coefficient (Wildman–Crippen LogP) is 3.05. The molecule has 1 saturated heterocycles. The number of methoxy groups -OCH3 is 1. The summed E-state index contributed by atoms with van der Waals surface area (Å²) >= 11 is 0. The Hall–Kier alpha value is -1.94. The van der Waals surface area contributed by atoms with Crippen molar-refractivity contribution in [1.29, 1.82) is 5.26 Å². The molecule has 2 rings (SSSR count).